The topological polar surface area (TPSA) is 87.2 Å². The molecule has 2 aliphatic rings. The summed E-state index contributed by atoms with van der Waals surface area (Å²) in [5.41, 5.74) is 2.37. The minimum Gasteiger partial charge on any atom is -0.452 e. The number of fused-ring (bicyclic) bond motifs is 3. The summed E-state index contributed by atoms with van der Waals surface area (Å²) in [6.07, 6.45) is 0.204. The van der Waals surface area contributed by atoms with Crippen LogP contribution in [0.2, 0.25) is 0 Å². The predicted molar refractivity (Wildman–Crippen MR) is 121 cm³/mol. The van der Waals surface area contributed by atoms with E-state index in [1.165, 1.54) is 21.7 Å². The smallest absolute Gasteiger partial charge is 0.354 e. The van der Waals surface area contributed by atoms with Crippen LogP contribution in [0.1, 0.15) is 39.9 Å². The first-order valence-corrected chi connectivity index (χ1v) is 10.8. The second kappa shape index (κ2) is 8.35. The normalized spacial score (nSPS) is 19.3. The maximum absolute atomic E-state index is 13.3. The summed E-state index contributed by atoms with van der Waals surface area (Å²) in [7, 11) is 3.13. The summed E-state index contributed by atoms with van der Waals surface area (Å²) in [5, 5.41) is 0. The molecular weight excluding hydrogens is 422 g/mol. The first kappa shape index (κ1) is 22.5. The van der Waals surface area contributed by atoms with Crippen LogP contribution in [0.25, 0.3) is 0 Å². The lowest BCUT2D eigenvalue weighted by molar-refractivity contribution is -0.161. The average molecular weight is 450 g/mol. The van der Waals surface area contributed by atoms with Crippen molar-refractivity contribution < 1.29 is 23.9 Å². The maximum Gasteiger partial charge on any atom is 0.354 e. The van der Waals surface area contributed by atoms with Crippen LogP contribution in [0.5, 0.6) is 0 Å². The number of likely N-dealkylation sites (N-methyl/N-ethyl adjacent to an activating group) is 2. The van der Waals surface area contributed by atoms with E-state index in [1.54, 1.807) is 31.3 Å². The quantitative estimate of drug-likeness (QED) is 0.655. The number of carbonyl (C=O) groups is 4. The van der Waals surface area contributed by atoms with Gasteiger partial charge in [-0.2, -0.15) is 0 Å². The van der Waals surface area contributed by atoms with E-state index < -0.39 is 18.2 Å². The van der Waals surface area contributed by atoms with Gasteiger partial charge in [0.05, 0.1) is 11.3 Å². The van der Waals surface area contributed by atoms with E-state index in [-0.39, 0.29) is 30.6 Å². The number of para-hydroxylation sites is 1. The number of aryl methyl sites for hydroxylation is 2. The van der Waals surface area contributed by atoms with E-state index >= 15 is 0 Å². The van der Waals surface area contributed by atoms with Gasteiger partial charge in [-0.05, 0) is 37.1 Å². The number of amides is 3. The predicted octanol–water partition coefficient (Wildman–Crippen LogP) is 2.41. The van der Waals surface area contributed by atoms with Crippen LogP contribution in [0.3, 0.4) is 0 Å². The highest BCUT2D eigenvalue weighted by atomic mass is 16.5. The fraction of sp³-hybridized carbons (Fsp3) is 0.360. The third-order valence-corrected chi connectivity index (χ3v) is 6.53. The summed E-state index contributed by atoms with van der Waals surface area (Å²) in [6.45, 7) is 3.89. The van der Waals surface area contributed by atoms with Gasteiger partial charge in [-0.15, -0.1) is 0 Å². The highest BCUT2D eigenvalue weighted by Gasteiger charge is 2.60. The van der Waals surface area contributed by atoms with E-state index in [1.807, 2.05) is 32.0 Å². The largest absolute Gasteiger partial charge is 0.452 e. The molecule has 4 rings (SSSR count). The van der Waals surface area contributed by atoms with Gasteiger partial charge in [0.15, 0.2) is 6.61 Å². The van der Waals surface area contributed by atoms with Gasteiger partial charge < -0.3 is 14.5 Å². The van der Waals surface area contributed by atoms with Crippen molar-refractivity contribution in [1.82, 2.24) is 9.80 Å². The monoisotopic (exact) mass is 449 g/mol. The first-order valence-electron chi connectivity index (χ1n) is 10.8. The number of anilines is 1. The number of ether oxygens (including phenoxy) is 1. The summed E-state index contributed by atoms with van der Waals surface area (Å²) >= 11 is 0. The van der Waals surface area contributed by atoms with Crippen LogP contribution in [-0.2, 0) is 25.7 Å². The molecule has 0 N–H and O–H groups in total. The zero-order chi connectivity index (χ0) is 23.9. The van der Waals surface area contributed by atoms with E-state index in [0.29, 0.717) is 17.8 Å². The molecule has 0 spiro atoms. The van der Waals surface area contributed by atoms with Crippen molar-refractivity contribution in [2.24, 2.45) is 0 Å². The van der Waals surface area contributed by atoms with E-state index in [4.69, 9.17) is 4.74 Å². The SMILES string of the molecule is Cc1ccc(CN(C)C(=O)COC(=O)C23CCC(=O)N2c2ccccc2C(=O)N3C)c(C)c1. The lowest BCUT2D eigenvalue weighted by Gasteiger charge is -2.46. The fourth-order valence-electron chi connectivity index (χ4n) is 4.61. The molecule has 0 radical (unpaired) electrons. The molecule has 2 aliphatic heterocycles. The van der Waals surface area contributed by atoms with Gasteiger partial charge in [-0.25, -0.2) is 4.79 Å². The van der Waals surface area contributed by atoms with Gasteiger partial charge in [0.25, 0.3) is 11.8 Å². The van der Waals surface area contributed by atoms with Crippen molar-refractivity contribution in [3.8, 4) is 0 Å². The Morgan fingerprint density at radius 3 is 2.58 bits per heavy atom. The number of hydrogen-bond acceptors (Lipinski definition) is 5. The van der Waals surface area contributed by atoms with Crippen molar-refractivity contribution in [2.75, 3.05) is 25.6 Å². The summed E-state index contributed by atoms with van der Waals surface area (Å²) in [6, 6.07) is 12.7. The van der Waals surface area contributed by atoms with Crippen LogP contribution in [0, 0.1) is 13.8 Å². The molecule has 33 heavy (non-hydrogen) atoms. The van der Waals surface area contributed by atoms with Crippen molar-refractivity contribution >= 4 is 29.4 Å². The van der Waals surface area contributed by atoms with Crippen molar-refractivity contribution in [2.45, 2.75) is 38.9 Å². The lowest BCUT2D eigenvalue weighted by atomic mass is 9.97. The lowest BCUT2D eigenvalue weighted by Crippen LogP contribution is -2.67. The molecule has 1 fully saturated rings. The minimum absolute atomic E-state index is 0.0988. The number of carbonyl (C=O) groups excluding carboxylic acids is 4. The number of nitrogens with zero attached hydrogens (tertiary/aromatic N) is 3. The van der Waals surface area contributed by atoms with Crippen LogP contribution < -0.4 is 4.90 Å². The van der Waals surface area contributed by atoms with Crippen LogP contribution in [0.4, 0.5) is 5.69 Å². The minimum atomic E-state index is -1.59. The van der Waals surface area contributed by atoms with Gasteiger partial charge in [-0.3, -0.25) is 19.3 Å². The highest BCUT2D eigenvalue weighted by molar-refractivity contribution is 6.15. The van der Waals surface area contributed by atoms with Gasteiger partial charge >= 0.3 is 5.97 Å². The second-order valence-electron chi connectivity index (χ2n) is 8.68. The first-order chi connectivity index (χ1) is 15.7. The standard InChI is InChI=1S/C25H27N3O5/c1-16-9-10-18(17(2)13-16)14-26(3)22(30)15-33-24(32)25-12-11-21(29)28(25)20-8-6-5-7-19(20)23(31)27(25)4/h5-10,13H,11-12,14-15H2,1-4H3. The zero-order valence-corrected chi connectivity index (χ0v) is 19.3. The van der Waals surface area contributed by atoms with Crippen LogP contribution in [-0.4, -0.2) is 59.9 Å². The molecule has 8 nitrogen and oxygen atoms in total. The molecule has 172 valence electrons. The second-order valence-corrected chi connectivity index (χ2v) is 8.68. The number of rotatable bonds is 5. The molecule has 2 heterocycles. The Morgan fingerprint density at radius 2 is 1.85 bits per heavy atom. The maximum atomic E-state index is 13.3. The molecule has 0 saturated carbocycles. The van der Waals surface area contributed by atoms with Gasteiger partial charge in [0, 0.05) is 33.5 Å². The number of benzene rings is 2. The van der Waals surface area contributed by atoms with Crippen molar-refractivity contribution in [3.63, 3.8) is 0 Å². The van der Waals surface area contributed by atoms with Crippen LogP contribution in [0.15, 0.2) is 42.5 Å². The number of esters is 1. The van der Waals surface area contributed by atoms with Crippen molar-refractivity contribution in [1.29, 1.82) is 0 Å². The Labute approximate surface area is 192 Å². The summed E-state index contributed by atoms with van der Waals surface area (Å²) in [4.78, 5) is 55.8. The zero-order valence-electron chi connectivity index (χ0n) is 19.3. The Balaban J connectivity index is 1.51. The van der Waals surface area contributed by atoms with Crippen molar-refractivity contribution in [3.05, 3.63) is 64.7 Å². The molecule has 2 aromatic carbocycles. The molecular formula is C25H27N3O5. The van der Waals surface area contributed by atoms with Crippen LogP contribution >= 0.6 is 0 Å². The van der Waals surface area contributed by atoms with Gasteiger partial charge in [0.2, 0.25) is 11.6 Å². The highest BCUT2D eigenvalue weighted by Crippen LogP contribution is 2.44. The van der Waals surface area contributed by atoms with Gasteiger partial charge in [-0.1, -0.05) is 35.9 Å². The Bertz CT molecular complexity index is 1160. The summed E-state index contributed by atoms with van der Waals surface area (Å²) in [5.74, 6) is -1.79. The van der Waals surface area contributed by atoms with E-state index in [0.717, 1.165) is 16.7 Å². The van der Waals surface area contributed by atoms with E-state index in [2.05, 4.69) is 0 Å². The van der Waals surface area contributed by atoms with Gasteiger partial charge in [0.1, 0.15) is 0 Å². The van der Waals surface area contributed by atoms with E-state index in [9.17, 15) is 19.2 Å². The molecule has 0 bridgehead atoms. The fourth-order valence-corrected chi connectivity index (χ4v) is 4.61. The summed E-state index contributed by atoms with van der Waals surface area (Å²) < 4.78 is 5.42. The Morgan fingerprint density at radius 1 is 1.12 bits per heavy atom. The molecule has 0 aromatic heterocycles. The number of hydrogen-bond donors (Lipinski definition) is 0. The average Bonchev–Trinajstić information content (AvgIpc) is 3.15. The Hall–Kier alpha value is -3.68. The molecule has 1 saturated heterocycles. The third kappa shape index (κ3) is 3.65. The molecule has 8 heteroatoms. The molecule has 0 aliphatic carbocycles. The third-order valence-electron chi connectivity index (χ3n) is 6.53. The molecule has 1 atom stereocenters. The molecule has 1 unspecified atom stereocenters. The Kier molecular flexibility index (Phi) is 5.69. The molecule has 2 aromatic rings. The molecule has 3 amide bonds.